The quantitative estimate of drug-likeness (QED) is 0.126. The van der Waals surface area contributed by atoms with Crippen molar-refractivity contribution in [3.63, 3.8) is 0 Å². The fraction of sp³-hybridized carbons (Fsp3) is 0.269. The molecule has 10 heterocycles. The van der Waals surface area contributed by atoms with E-state index in [0.29, 0.717) is 83.5 Å². The van der Waals surface area contributed by atoms with E-state index in [1.54, 1.807) is 74.0 Å². The molecule has 0 spiro atoms. The molecule has 3 aliphatic rings. The number of hydrogen-bond donors (Lipinski definition) is 2. The lowest BCUT2D eigenvalue weighted by Gasteiger charge is -2.29. The average molecular weight is 1070 g/mol. The van der Waals surface area contributed by atoms with Crippen LogP contribution in [0.1, 0.15) is 70.1 Å². The molecule has 0 fully saturated rings. The Balaban J connectivity index is 0.000000175. The SMILES string of the molecule is COc1ccc(C(=O)N2CCc3cnc(Cl)cc3C2)cn1.COc1ccc(C(=O)O)cn1.COc1ccc(COc2cc3c(cn2)CCN(C(=O)c2ccc(OC)nc2)C3)nc1.Cl.Clc1cc2c(cn1)CCNC2. The Hall–Kier alpha value is -7.71. The highest BCUT2D eigenvalue weighted by Crippen LogP contribution is 2.25. The lowest BCUT2D eigenvalue weighted by molar-refractivity contribution is 0.0693. The van der Waals surface area contributed by atoms with Gasteiger partial charge in [0.05, 0.1) is 57.0 Å². The molecule has 0 saturated carbocycles. The van der Waals surface area contributed by atoms with Gasteiger partial charge in [-0.2, -0.15) is 0 Å². The maximum absolute atomic E-state index is 12.8. The van der Waals surface area contributed by atoms with Crippen LogP contribution in [0, 0.1) is 0 Å². The first-order valence-electron chi connectivity index (χ1n) is 22.8. The minimum absolute atomic E-state index is 0. The van der Waals surface area contributed by atoms with Crippen LogP contribution in [0.5, 0.6) is 29.3 Å². The zero-order chi connectivity index (χ0) is 51.7. The maximum Gasteiger partial charge on any atom is 0.337 e. The number of carboxylic acid groups (broad SMARTS) is 1. The molecule has 0 saturated heterocycles. The molecule has 0 bridgehead atoms. The molecule has 10 rings (SSSR count). The van der Waals surface area contributed by atoms with Crippen LogP contribution in [0.3, 0.4) is 0 Å². The number of fused-ring (bicyclic) bond motifs is 3. The van der Waals surface area contributed by atoms with Gasteiger partial charge in [-0.1, -0.05) is 23.2 Å². The number of carboxylic acids is 1. The number of halogens is 3. The molecule has 0 radical (unpaired) electrons. The fourth-order valence-electron chi connectivity index (χ4n) is 7.59. The summed E-state index contributed by atoms with van der Waals surface area (Å²) in [5.41, 5.74) is 9.00. The van der Waals surface area contributed by atoms with Gasteiger partial charge in [-0.05, 0) is 102 Å². The average Bonchev–Trinajstić information content (AvgIpc) is 3.44. The first-order chi connectivity index (χ1) is 35.4. The number of carbonyl (C=O) groups is 3. The van der Waals surface area contributed by atoms with Crippen LogP contribution >= 0.6 is 35.6 Å². The van der Waals surface area contributed by atoms with Crippen molar-refractivity contribution in [1.29, 1.82) is 0 Å². The summed E-state index contributed by atoms with van der Waals surface area (Å²) in [7, 11) is 6.17. The van der Waals surface area contributed by atoms with Crippen LogP contribution in [-0.4, -0.2) is 116 Å². The number of nitrogens with zero attached hydrogens (tertiary/aromatic N) is 9. The van der Waals surface area contributed by atoms with Crippen molar-refractivity contribution in [2.24, 2.45) is 0 Å². The third-order valence-corrected chi connectivity index (χ3v) is 12.0. The van der Waals surface area contributed by atoms with Crippen molar-refractivity contribution in [3.05, 3.63) is 176 Å². The summed E-state index contributed by atoms with van der Waals surface area (Å²) in [5.74, 6) is 1.51. The van der Waals surface area contributed by atoms with E-state index in [1.807, 2.05) is 42.7 Å². The largest absolute Gasteiger partial charge is 0.495 e. The number of amides is 2. The van der Waals surface area contributed by atoms with Gasteiger partial charge in [-0.25, -0.2) is 34.7 Å². The highest BCUT2D eigenvalue weighted by atomic mass is 35.5. The Morgan fingerprint density at radius 1 is 0.541 bits per heavy atom. The summed E-state index contributed by atoms with van der Waals surface area (Å²) in [4.78, 5) is 67.9. The first kappa shape index (κ1) is 55.6. The van der Waals surface area contributed by atoms with Gasteiger partial charge in [0.15, 0.2) is 0 Å². The molecular formula is C52H53Cl3N10O9. The van der Waals surface area contributed by atoms with Crippen molar-refractivity contribution in [3.8, 4) is 29.3 Å². The van der Waals surface area contributed by atoms with Gasteiger partial charge in [-0.15, -0.1) is 12.4 Å². The molecule has 7 aromatic rings. The number of hydrogen-bond acceptors (Lipinski definition) is 16. The Bertz CT molecular complexity index is 2980. The smallest absolute Gasteiger partial charge is 0.337 e. The summed E-state index contributed by atoms with van der Waals surface area (Å²) in [6.45, 7) is 4.63. The van der Waals surface area contributed by atoms with Gasteiger partial charge in [0.25, 0.3) is 11.8 Å². The lowest BCUT2D eigenvalue weighted by atomic mass is 10.0. The number of aromatic nitrogens is 7. The molecule has 74 heavy (non-hydrogen) atoms. The molecule has 2 amide bonds. The van der Waals surface area contributed by atoms with E-state index in [2.05, 4.69) is 40.2 Å². The van der Waals surface area contributed by atoms with Crippen molar-refractivity contribution in [1.82, 2.24) is 50.0 Å². The second-order valence-corrected chi connectivity index (χ2v) is 17.0. The van der Waals surface area contributed by atoms with E-state index >= 15 is 0 Å². The highest BCUT2D eigenvalue weighted by Gasteiger charge is 2.24. The summed E-state index contributed by atoms with van der Waals surface area (Å²) in [6, 6.07) is 19.1. The van der Waals surface area contributed by atoms with E-state index in [9.17, 15) is 14.4 Å². The monoisotopic (exact) mass is 1070 g/mol. The Labute approximate surface area is 443 Å². The molecule has 19 nitrogen and oxygen atoms in total. The summed E-state index contributed by atoms with van der Waals surface area (Å²) < 4.78 is 25.7. The van der Waals surface area contributed by atoms with Crippen LogP contribution in [0.2, 0.25) is 10.3 Å². The van der Waals surface area contributed by atoms with Gasteiger partial charge in [0, 0.05) is 94.2 Å². The molecule has 386 valence electrons. The topological polar surface area (TPSA) is 226 Å². The van der Waals surface area contributed by atoms with Gasteiger partial charge >= 0.3 is 5.97 Å². The van der Waals surface area contributed by atoms with Crippen LogP contribution in [-0.2, 0) is 45.5 Å². The van der Waals surface area contributed by atoms with Gasteiger partial charge < -0.3 is 43.9 Å². The van der Waals surface area contributed by atoms with E-state index in [1.165, 1.54) is 42.8 Å². The van der Waals surface area contributed by atoms with E-state index in [0.717, 1.165) is 60.3 Å². The normalized spacial score (nSPS) is 12.8. The molecule has 3 aliphatic heterocycles. The number of nitrogens with one attached hydrogen (secondary N) is 1. The maximum atomic E-state index is 12.8. The number of carbonyl (C=O) groups excluding carboxylic acids is 2. The third-order valence-electron chi connectivity index (χ3n) is 11.6. The Kier molecular flexibility index (Phi) is 20.6. The van der Waals surface area contributed by atoms with E-state index < -0.39 is 5.97 Å². The predicted molar refractivity (Wildman–Crippen MR) is 277 cm³/mol. The minimum Gasteiger partial charge on any atom is -0.495 e. The molecule has 0 unspecified atom stereocenters. The highest BCUT2D eigenvalue weighted by molar-refractivity contribution is 6.29. The van der Waals surface area contributed by atoms with E-state index in [-0.39, 0.29) is 29.8 Å². The molecular weight excluding hydrogens is 1010 g/mol. The molecule has 0 aliphatic carbocycles. The lowest BCUT2D eigenvalue weighted by Crippen LogP contribution is -2.36. The number of rotatable bonds is 10. The number of methoxy groups -OCH3 is 4. The van der Waals surface area contributed by atoms with Gasteiger partial charge in [0.1, 0.15) is 22.7 Å². The summed E-state index contributed by atoms with van der Waals surface area (Å²) in [6.07, 6.45) is 14.1. The molecule has 0 atom stereocenters. The van der Waals surface area contributed by atoms with Crippen molar-refractivity contribution in [2.45, 2.75) is 45.5 Å². The Morgan fingerprint density at radius 2 is 1.03 bits per heavy atom. The fourth-order valence-corrected chi connectivity index (χ4v) is 7.96. The molecule has 0 aromatic carbocycles. The first-order valence-corrected chi connectivity index (χ1v) is 23.6. The Morgan fingerprint density at radius 3 is 1.50 bits per heavy atom. The number of pyridine rings is 7. The van der Waals surface area contributed by atoms with Crippen molar-refractivity contribution >= 4 is 53.4 Å². The van der Waals surface area contributed by atoms with E-state index in [4.69, 9.17) is 52.0 Å². The molecule has 2 N–H and O–H groups in total. The second-order valence-electron chi connectivity index (χ2n) is 16.3. The van der Waals surface area contributed by atoms with Crippen LogP contribution in [0.25, 0.3) is 0 Å². The van der Waals surface area contributed by atoms with Crippen LogP contribution in [0.15, 0.2) is 110 Å². The second kappa shape index (κ2) is 27.4. The number of ether oxygens (including phenoxy) is 5. The summed E-state index contributed by atoms with van der Waals surface area (Å²) in [5, 5.41) is 12.8. The predicted octanol–water partition coefficient (Wildman–Crippen LogP) is 7.59. The van der Waals surface area contributed by atoms with Crippen LogP contribution < -0.4 is 29.0 Å². The standard InChI is InChI=1S/C22H22N4O4.C15H14ClN3O2.C8H9ClN2.C7H7NO3.ClH/c1-28-19-5-4-18(23-12-19)14-30-21-9-17-13-26(8-7-15(17)10-25-21)22(27)16-3-6-20(29-2)24-11-16;1-21-14-3-2-11(8-18-14)15(20)19-5-4-10-7-17-13(16)6-12(10)9-19;9-8-3-7-4-10-2-1-6(7)5-11-8;1-11-6-3-2-5(4-8-6)7(9)10;/h3-6,9-12H,7-8,13-14H2,1-2H3;2-3,6-8H,4-5,9H2,1H3;3,5,10H,1-2,4H2;2-4H,1H3,(H,9,10);1H. The zero-order valence-electron chi connectivity index (χ0n) is 40.9. The van der Waals surface area contributed by atoms with Crippen molar-refractivity contribution < 1.29 is 43.2 Å². The third kappa shape index (κ3) is 15.4. The molecule has 7 aromatic heterocycles. The van der Waals surface area contributed by atoms with Gasteiger partial charge in [-0.3, -0.25) is 14.6 Å². The zero-order valence-corrected chi connectivity index (χ0v) is 43.2. The molecule has 22 heteroatoms. The van der Waals surface area contributed by atoms with Crippen molar-refractivity contribution in [2.75, 3.05) is 48.1 Å². The minimum atomic E-state index is -0.986. The van der Waals surface area contributed by atoms with Crippen LogP contribution in [0.4, 0.5) is 0 Å². The number of aromatic carboxylic acids is 1. The van der Waals surface area contributed by atoms with Gasteiger partial charge in [0.2, 0.25) is 23.5 Å². The summed E-state index contributed by atoms with van der Waals surface area (Å²) >= 11 is 11.7.